The fourth-order valence-electron chi connectivity index (χ4n) is 15.7. The molecule has 0 radical (unpaired) electrons. The zero-order valence-corrected chi connectivity index (χ0v) is 84.3. The maximum absolute atomic E-state index is 13.8. The molecular weight excluding hydrogens is 1990 g/mol. The predicted molar refractivity (Wildman–Crippen MR) is 507 cm³/mol. The van der Waals surface area contributed by atoms with Gasteiger partial charge in [0.1, 0.15) is 136 Å². The van der Waals surface area contributed by atoms with E-state index in [1.54, 1.807) is 177 Å². The van der Waals surface area contributed by atoms with Crippen molar-refractivity contribution in [3.63, 3.8) is 0 Å². The second-order valence-electron chi connectivity index (χ2n) is 35.8. The molecule has 16 rings (SSSR count). The number of hydrogen-bond acceptors (Lipinski definition) is 43. The molecule has 24 atom stereocenters. The highest BCUT2D eigenvalue weighted by Crippen LogP contribution is 2.56. The number of nitrogens with one attached hydrogen (secondary N) is 5. The van der Waals surface area contributed by atoms with Gasteiger partial charge in [-0.1, -0.05) is 72.8 Å². The van der Waals surface area contributed by atoms with Crippen molar-refractivity contribution in [1.82, 2.24) is 58.6 Å². The Morgan fingerprint density at radius 2 is 0.600 bits per heavy atom. The first-order valence-electron chi connectivity index (χ1n) is 45.6. The summed E-state index contributed by atoms with van der Waals surface area (Å²) in [5.74, 6) is -1.63. The van der Waals surface area contributed by atoms with Gasteiger partial charge < -0.3 is 113 Å². The number of anilines is 3. The molecule has 15 N–H and O–H groups in total. The number of rotatable bonds is 40. The number of benzene rings is 4. The van der Waals surface area contributed by atoms with Gasteiger partial charge in [0.05, 0.1) is 77.3 Å². The summed E-state index contributed by atoms with van der Waals surface area (Å²) in [6.07, 6.45) is -8.77. The van der Waals surface area contributed by atoms with Crippen LogP contribution in [-0.2, 0) is 112 Å². The van der Waals surface area contributed by atoms with Gasteiger partial charge in [-0.3, -0.25) is 65.3 Å². The van der Waals surface area contributed by atoms with Crippen LogP contribution in [0.1, 0.15) is 114 Å². The largest absolute Gasteiger partial charge is 0.462 e. The second-order valence-corrected chi connectivity index (χ2v) is 42.6. The third-order valence-electron chi connectivity index (χ3n) is 22.8. The van der Waals surface area contributed by atoms with E-state index in [2.05, 4.69) is 40.3 Å². The Balaban J connectivity index is 0.000000162. The molecule has 0 saturated carbocycles. The number of aryl methyl sites for hydroxylation is 1. The van der Waals surface area contributed by atoms with Gasteiger partial charge >= 0.3 is 77.6 Å². The van der Waals surface area contributed by atoms with Crippen molar-refractivity contribution in [2.24, 2.45) is 0 Å². The van der Waals surface area contributed by atoms with Gasteiger partial charge in [-0.25, -0.2) is 37.4 Å². The third kappa shape index (κ3) is 26.7. The number of nitrogen functional groups attached to an aromatic ring is 3. The summed E-state index contributed by atoms with van der Waals surface area (Å²) in [5, 5.41) is 53.9. The van der Waals surface area contributed by atoms with Crippen LogP contribution < -0.4 is 84.0 Å². The Morgan fingerprint density at radius 1 is 0.379 bits per heavy atom. The number of para-hydroxylation sites is 4. The summed E-state index contributed by atoms with van der Waals surface area (Å²) < 4.78 is 172. The Kier molecular flexibility index (Phi) is 35.6. The smallest absolute Gasteiger partial charge is 0.459 e. The maximum atomic E-state index is 13.8. The topological polar surface area (TPSA) is 688 Å². The number of nitrogens with two attached hydrogens (primary N) is 3. The van der Waals surface area contributed by atoms with Crippen molar-refractivity contribution < 1.29 is 151 Å². The third-order valence-corrected chi connectivity index (χ3v) is 29.3. The van der Waals surface area contributed by atoms with E-state index < -0.39 is 236 Å². The van der Waals surface area contributed by atoms with Crippen LogP contribution in [0.4, 0.5) is 17.5 Å². The Hall–Kier alpha value is -11.2. The Labute approximate surface area is 827 Å². The van der Waals surface area contributed by atoms with E-state index in [4.69, 9.17) is 110 Å². The molecule has 145 heavy (non-hydrogen) atoms. The molecular formula is C89H117N15O37P4. The molecule has 8 fully saturated rings. The van der Waals surface area contributed by atoms with E-state index in [0.29, 0.717) is 0 Å². The highest BCUT2D eigenvalue weighted by Gasteiger charge is 2.67. The predicted octanol–water partition coefficient (Wildman–Crippen LogP) is 3.96. The lowest BCUT2D eigenvalue weighted by Crippen LogP contribution is -2.46. The number of aliphatic hydroxyl groups is 4. The van der Waals surface area contributed by atoms with Crippen LogP contribution in [-0.4, -0.2) is 255 Å². The van der Waals surface area contributed by atoms with Crippen molar-refractivity contribution >= 4 is 72.3 Å². The quantitative estimate of drug-likeness (QED) is 0.0147. The van der Waals surface area contributed by atoms with E-state index >= 15 is 0 Å². The van der Waals surface area contributed by atoms with Crippen molar-refractivity contribution in [3.8, 4) is 23.0 Å². The molecule has 56 heteroatoms. The van der Waals surface area contributed by atoms with Crippen LogP contribution in [0.3, 0.4) is 0 Å². The normalized spacial score (nSPS) is 27.4. The van der Waals surface area contributed by atoms with Crippen LogP contribution in [0.15, 0.2) is 188 Å². The zero-order valence-electron chi connectivity index (χ0n) is 80.7. The first kappa shape index (κ1) is 111. The fourth-order valence-corrected chi connectivity index (χ4v) is 21.9. The monoisotopic (exact) mass is 2110 g/mol. The minimum Gasteiger partial charge on any atom is -0.462 e. The molecule has 8 aromatic rings. The van der Waals surface area contributed by atoms with E-state index in [-0.39, 0.29) is 90.8 Å². The Morgan fingerprint density at radius 3 is 0.814 bits per heavy atom. The molecule has 4 aromatic carbocycles. The number of carbonyl (C=O) groups excluding carboxylic acids is 4. The van der Waals surface area contributed by atoms with Gasteiger partial charge in [0.25, 0.3) is 5.56 Å². The van der Waals surface area contributed by atoms with Crippen LogP contribution in [0.2, 0.25) is 0 Å². The molecule has 0 aliphatic carbocycles. The standard InChI is InChI=1S/C23H30N3O10P.3C22H29N4O9P/c1-13(2)34-21(29)15(4)25-37(31,36-16-8-6-5-7-9-16)33-12-23-11-32-17(18(23)27)20(35-23)26-10-14(3)19(28)24-22(26)30;3*1-13(2)33-20(28)14(3)25-36(30,35-15-7-5-4-6-8-15)32-12-22-11-31-17(18(22)27)19(34-22)26-10-9-16(23)24-21(26)29/h5-10,13,15,17-18,20,27H,11-12H2,1-4H3,(H,25,31)(H,24,28,30);3*4-10,13-14,17-19,27H,11-12H2,1-3H3,(H,25,30)(H2,23,24,29)/t15-,17+,18-,20+,23+,37-;14?,17-,18+,19-,22-,36?;14-,17+,18-,19+,22+,36?;14-,17-,18+,19-,22-,36?/m0101/s1. The number of fused-ring (bicyclic) bond motifs is 8. The van der Waals surface area contributed by atoms with Crippen LogP contribution >= 0.6 is 31.0 Å². The highest BCUT2D eigenvalue weighted by atomic mass is 31.2. The summed E-state index contributed by atoms with van der Waals surface area (Å²) in [4.78, 5) is 124. The molecule has 0 spiro atoms. The van der Waals surface area contributed by atoms with E-state index in [0.717, 1.165) is 18.3 Å². The molecule has 8 saturated heterocycles. The molecule has 52 nitrogen and oxygen atoms in total. The summed E-state index contributed by atoms with van der Waals surface area (Å²) in [6.45, 7) is 18.6. The molecule has 0 amide bonds. The average Bonchev–Trinajstić information content (AvgIpc) is 1.59. The van der Waals surface area contributed by atoms with Crippen molar-refractivity contribution in [3.05, 3.63) is 222 Å². The molecule has 4 unspecified atom stereocenters. The van der Waals surface area contributed by atoms with E-state index in [9.17, 15) is 81.8 Å². The molecule has 8 aliphatic rings. The SMILES string of the molecule is CC(C)OC(=O)C(C)NP(=O)(OC[C@@]12CO[C@@H]([C@H](n3ccc(N)nc3=O)O1)[C@@H]2O)Oc1ccccc1.CC(C)OC(=O)[C@@H](C)NP(=O)(OC[C@@]12CO[C@@H]([C@H](n3ccc(N)nc3=O)O1)[C@@H]2O)Oc1ccccc1.CC(C)OC(=O)[C@H](C)NP(=O)(OC[C@@]12CO[C@@H]([C@H](n3ccc(N)nc3=O)O1)[C@@H]2O)Oc1ccccc1.Cc1cn([C@@H]2O[C@@]3(CO[P@@](=O)(N[C@@H](C)C(=O)OC(C)C)Oc4ccccc4)CO[C@@H]2[C@@H]3O)c(=O)[nH]c1=O. The molecule has 8 aliphatic heterocycles. The zero-order chi connectivity index (χ0) is 105. The number of aromatic amines is 1. The van der Waals surface area contributed by atoms with Gasteiger partial charge in [0.15, 0.2) is 24.9 Å². The number of hydrogen-bond donors (Lipinski definition) is 12. The van der Waals surface area contributed by atoms with Gasteiger partial charge in [-0.2, -0.15) is 35.3 Å². The minimum atomic E-state index is -4.24. The van der Waals surface area contributed by atoms with Crippen molar-refractivity contribution in [1.29, 1.82) is 0 Å². The van der Waals surface area contributed by atoms with Gasteiger partial charge in [0.2, 0.25) is 0 Å². The van der Waals surface area contributed by atoms with Gasteiger partial charge in [-0.15, -0.1) is 0 Å². The van der Waals surface area contributed by atoms with E-state index in [1.807, 2.05) is 0 Å². The maximum Gasteiger partial charge on any atom is 0.459 e. The lowest BCUT2D eigenvalue weighted by atomic mass is 10.0. The lowest BCUT2D eigenvalue weighted by Gasteiger charge is -2.32. The summed E-state index contributed by atoms with van der Waals surface area (Å²) >= 11 is 0. The molecule has 790 valence electrons. The van der Waals surface area contributed by atoms with Crippen LogP contribution in [0.25, 0.3) is 0 Å². The van der Waals surface area contributed by atoms with Gasteiger partial charge in [-0.05, 0) is 157 Å². The van der Waals surface area contributed by atoms with E-state index in [1.165, 1.54) is 77.6 Å². The minimum absolute atomic E-state index is 0.0362. The number of carbonyl (C=O) groups is 4. The van der Waals surface area contributed by atoms with Crippen LogP contribution in [0.5, 0.6) is 23.0 Å². The fraction of sp³-hybridized carbons (Fsp3) is 0.506. The number of nitrogens with zero attached hydrogens (tertiary/aromatic N) is 7. The molecule has 4 aromatic heterocycles. The number of H-pyrrole nitrogens is 1. The summed E-state index contributed by atoms with van der Waals surface area (Å²) in [5.41, 5.74) is 7.69. The Bertz CT molecular complexity index is 5940. The first-order chi connectivity index (χ1) is 68.5. The first-order valence-corrected chi connectivity index (χ1v) is 51.8. The second kappa shape index (κ2) is 46.5. The van der Waals surface area contributed by atoms with Crippen molar-refractivity contribution in [2.45, 2.75) is 235 Å². The summed E-state index contributed by atoms with van der Waals surface area (Å²) in [7, 11) is -16.9. The van der Waals surface area contributed by atoms with Gasteiger partial charge in [0, 0.05) is 30.4 Å². The van der Waals surface area contributed by atoms with Crippen molar-refractivity contribution in [2.75, 3.05) is 70.1 Å². The average molecular weight is 2110 g/mol. The van der Waals surface area contributed by atoms with Crippen LogP contribution in [0, 0.1) is 6.92 Å². The number of aliphatic hydroxyl groups excluding tert-OH is 4. The number of esters is 4. The molecule has 8 bridgehead atoms. The summed E-state index contributed by atoms with van der Waals surface area (Å²) in [6, 6.07) is 33.0. The lowest BCUT2D eigenvalue weighted by molar-refractivity contribution is -0.185. The number of aromatic nitrogens is 8. The molecule has 12 heterocycles. The highest BCUT2D eigenvalue weighted by molar-refractivity contribution is 7.53. The number of ether oxygens (including phenoxy) is 12.